The van der Waals surface area contributed by atoms with Crippen LogP contribution in [0.15, 0.2) is 0 Å². The van der Waals surface area contributed by atoms with Crippen molar-refractivity contribution in [2.75, 3.05) is 13.3 Å². The van der Waals surface area contributed by atoms with E-state index >= 15 is 0 Å². The third kappa shape index (κ3) is 4.92. The summed E-state index contributed by atoms with van der Waals surface area (Å²) in [5, 5.41) is 0. The van der Waals surface area contributed by atoms with E-state index in [9.17, 15) is 14.3 Å². The minimum absolute atomic E-state index is 0.175. The van der Waals surface area contributed by atoms with Crippen LogP contribution >= 0.6 is 7.60 Å². The van der Waals surface area contributed by atoms with Crippen LogP contribution in [0, 0.1) is 0 Å². The second kappa shape index (κ2) is 4.46. The van der Waals surface area contributed by atoms with Crippen LogP contribution in [-0.4, -0.2) is 19.2 Å². The van der Waals surface area contributed by atoms with Gasteiger partial charge in [0.25, 0.3) is 0 Å². The lowest BCUT2D eigenvalue weighted by Gasteiger charge is -2.19. The van der Waals surface area contributed by atoms with E-state index in [-0.39, 0.29) is 12.6 Å². The Morgan fingerprint density at radius 1 is 1.82 bits per heavy atom. The van der Waals surface area contributed by atoms with E-state index < -0.39 is 13.5 Å². The highest BCUT2D eigenvalue weighted by Crippen LogP contribution is 2.35. The molecular formula is C4H10N2O4P-. The van der Waals surface area contributed by atoms with Crippen molar-refractivity contribution in [1.29, 1.82) is 0 Å². The summed E-state index contributed by atoms with van der Waals surface area (Å²) < 4.78 is 14.7. The average Bonchev–Trinajstić information content (AvgIpc) is 2.00. The van der Waals surface area contributed by atoms with Crippen molar-refractivity contribution in [2.24, 2.45) is 5.84 Å². The highest BCUT2D eigenvalue weighted by atomic mass is 31.2. The standard InChI is InChI=1S/C4H11N2O4P/c1-10-11(8,9)3-2-4(7)6-5/h2-3,5H2,1H3,(H,6,7)(H,8,9)/p-1. The molecule has 0 saturated heterocycles. The molecule has 1 amide bonds. The molecule has 7 heteroatoms. The number of hydrogen-bond acceptors (Lipinski definition) is 5. The first-order valence-electron chi connectivity index (χ1n) is 2.87. The average molecular weight is 181 g/mol. The van der Waals surface area contributed by atoms with Gasteiger partial charge in [0, 0.05) is 19.7 Å². The molecule has 0 aliphatic heterocycles. The van der Waals surface area contributed by atoms with Crippen molar-refractivity contribution in [3.05, 3.63) is 0 Å². The maximum atomic E-state index is 10.6. The van der Waals surface area contributed by atoms with E-state index in [2.05, 4.69) is 4.52 Å². The van der Waals surface area contributed by atoms with Gasteiger partial charge in [0.1, 0.15) is 7.60 Å². The fourth-order valence-electron chi connectivity index (χ4n) is 0.402. The van der Waals surface area contributed by atoms with Gasteiger partial charge in [-0.2, -0.15) is 0 Å². The van der Waals surface area contributed by atoms with Crippen LogP contribution < -0.4 is 16.2 Å². The molecule has 0 heterocycles. The summed E-state index contributed by atoms with van der Waals surface area (Å²) >= 11 is 0. The Morgan fingerprint density at radius 3 is 2.73 bits per heavy atom. The summed E-state index contributed by atoms with van der Waals surface area (Å²) in [6.45, 7) is 0. The SMILES string of the molecule is COP(=O)([O-])CCC(=O)NN. The molecule has 66 valence electrons. The molecule has 0 spiro atoms. The van der Waals surface area contributed by atoms with Crippen LogP contribution in [0.3, 0.4) is 0 Å². The maximum absolute atomic E-state index is 10.6. The number of nitrogens with two attached hydrogens (primary N) is 1. The molecule has 0 saturated carbocycles. The van der Waals surface area contributed by atoms with Gasteiger partial charge in [0.15, 0.2) is 0 Å². The van der Waals surface area contributed by atoms with Crippen molar-refractivity contribution in [3.63, 3.8) is 0 Å². The Bertz CT molecular complexity index is 183. The van der Waals surface area contributed by atoms with E-state index in [0.717, 1.165) is 7.11 Å². The van der Waals surface area contributed by atoms with E-state index in [1.54, 1.807) is 0 Å². The Morgan fingerprint density at radius 2 is 2.36 bits per heavy atom. The molecule has 0 rings (SSSR count). The number of hydrazine groups is 1. The first-order chi connectivity index (χ1) is 5.02. The van der Waals surface area contributed by atoms with Gasteiger partial charge in [-0.25, -0.2) is 5.84 Å². The van der Waals surface area contributed by atoms with Gasteiger partial charge in [-0.1, -0.05) is 0 Å². The van der Waals surface area contributed by atoms with Gasteiger partial charge in [-0.15, -0.1) is 0 Å². The van der Waals surface area contributed by atoms with Crippen molar-refractivity contribution in [2.45, 2.75) is 6.42 Å². The molecule has 0 aliphatic rings. The predicted molar refractivity (Wildman–Crippen MR) is 36.4 cm³/mol. The molecule has 0 aromatic rings. The number of nitrogens with one attached hydrogen (secondary N) is 1. The summed E-state index contributed by atoms with van der Waals surface area (Å²) in [6, 6.07) is 0. The minimum Gasteiger partial charge on any atom is -0.778 e. The Kier molecular flexibility index (Phi) is 4.29. The number of hydrogen-bond donors (Lipinski definition) is 2. The number of carbonyl (C=O) groups is 1. The van der Waals surface area contributed by atoms with Crippen LogP contribution in [0.5, 0.6) is 0 Å². The topological polar surface area (TPSA) is 104 Å². The minimum atomic E-state index is -3.81. The molecule has 11 heavy (non-hydrogen) atoms. The van der Waals surface area contributed by atoms with Crippen molar-refractivity contribution in [3.8, 4) is 0 Å². The molecule has 1 unspecified atom stereocenters. The molecule has 6 nitrogen and oxygen atoms in total. The molecule has 0 aromatic carbocycles. The highest BCUT2D eigenvalue weighted by molar-refractivity contribution is 7.51. The fraction of sp³-hybridized carbons (Fsp3) is 0.750. The first kappa shape index (κ1) is 10.6. The Balaban J connectivity index is 3.70. The third-order valence-electron chi connectivity index (χ3n) is 1.05. The van der Waals surface area contributed by atoms with Crippen molar-refractivity contribution >= 4 is 13.5 Å². The summed E-state index contributed by atoms with van der Waals surface area (Å²) in [7, 11) is -2.76. The monoisotopic (exact) mass is 181 g/mol. The second-order valence-corrected chi connectivity index (χ2v) is 3.87. The van der Waals surface area contributed by atoms with Gasteiger partial charge >= 0.3 is 0 Å². The lowest BCUT2D eigenvalue weighted by molar-refractivity contribution is -0.196. The van der Waals surface area contributed by atoms with Crippen LogP contribution in [-0.2, 0) is 13.9 Å². The molecule has 0 bridgehead atoms. The molecule has 0 radical (unpaired) electrons. The van der Waals surface area contributed by atoms with Crippen LogP contribution in [0.25, 0.3) is 0 Å². The first-order valence-corrected chi connectivity index (χ1v) is 4.60. The molecule has 3 N–H and O–H groups in total. The molecule has 0 aliphatic carbocycles. The zero-order chi connectivity index (χ0) is 8.91. The predicted octanol–water partition coefficient (Wildman–Crippen LogP) is -1.43. The van der Waals surface area contributed by atoms with Gasteiger partial charge in [0.05, 0.1) is 0 Å². The third-order valence-corrected chi connectivity index (χ3v) is 2.38. The highest BCUT2D eigenvalue weighted by Gasteiger charge is 2.08. The van der Waals surface area contributed by atoms with Gasteiger partial charge in [-0.3, -0.25) is 10.2 Å². The lowest BCUT2D eigenvalue weighted by atomic mass is 10.5. The summed E-state index contributed by atoms with van der Waals surface area (Å²) in [6.07, 6.45) is -0.502. The van der Waals surface area contributed by atoms with Gasteiger partial charge in [-0.05, 0) is 0 Å². The van der Waals surface area contributed by atoms with E-state index in [1.807, 2.05) is 5.43 Å². The van der Waals surface area contributed by atoms with Gasteiger partial charge in [0.2, 0.25) is 5.91 Å². The van der Waals surface area contributed by atoms with Crippen LogP contribution in [0.1, 0.15) is 6.42 Å². The molecule has 0 aromatic heterocycles. The zero-order valence-corrected chi connectivity index (χ0v) is 6.97. The summed E-state index contributed by atoms with van der Waals surface area (Å²) in [5.41, 5.74) is 1.81. The number of rotatable bonds is 4. The van der Waals surface area contributed by atoms with E-state index in [0.29, 0.717) is 0 Å². The normalized spacial score (nSPS) is 15.5. The van der Waals surface area contributed by atoms with Crippen molar-refractivity contribution in [1.82, 2.24) is 5.43 Å². The Labute approximate surface area is 64.2 Å². The van der Waals surface area contributed by atoms with E-state index in [4.69, 9.17) is 5.84 Å². The zero-order valence-electron chi connectivity index (χ0n) is 6.07. The number of amides is 1. The maximum Gasteiger partial charge on any atom is 0.234 e. The molecule has 1 atom stereocenters. The smallest absolute Gasteiger partial charge is 0.234 e. The summed E-state index contributed by atoms with van der Waals surface area (Å²) in [5.74, 6) is 4.18. The van der Waals surface area contributed by atoms with E-state index in [1.165, 1.54) is 0 Å². The molecule has 0 fully saturated rings. The second-order valence-electron chi connectivity index (χ2n) is 1.83. The fourth-order valence-corrected chi connectivity index (χ4v) is 1.06. The largest absolute Gasteiger partial charge is 0.778 e. The molecular weight excluding hydrogens is 171 g/mol. The Hall–Kier alpha value is -0.420. The van der Waals surface area contributed by atoms with Crippen molar-refractivity contribution < 1.29 is 18.8 Å². The quantitative estimate of drug-likeness (QED) is 0.239. The van der Waals surface area contributed by atoms with Crippen LogP contribution in [0.2, 0.25) is 0 Å². The lowest BCUT2D eigenvalue weighted by Crippen LogP contribution is -2.30. The van der Waals surface area contributed by atoms with Gasteiger partial charge < -0.3 is 14.0 Å². The number of carbonyl (C=O) groups excluding carboxylic acids is 1. The summed E-state index contributed by atoms with van der Waals surface area (Å²) in [4.78, 5) is 21.0. The van der Waals surface area contributed by atoms with Crippen LogP contribution in [0.4, 0.5) is 0 Å².